The summed E-state index contributed by atoms with van der Waals surface area (Å²) in [5, 5.41) is 0. The molecule has 0 aromatic rings. The van der Waals surface area contributed by atoms with Crippen LogP contribution in [0.3, 0.4) is 0 Å². The molecule has 0 aromatic carbocycles. The highest BCUT2D eigenvalue weighted by Gasteiger charge is 2.42. The van der Waals surface area contributed by atoms with Crippen LogP contribution in [0.2, 0.25) is 0 Å². The summed E-state index contributed by atoms with van der Waals surface area (Å²) in [5.74, 6) is 0. The third kappa shape index (κ3) is 3.64. The zero-order valence-electron chi connectivity index (χ0n) is 8.95. The molecule has 1 heterocycles. The van der Waals surface area contributed by atoms with Crippen molar-refractivity contribution in [1.29, 1.82) is 0 Å². The lowest BCUT2D eigenvalue weighted by atomic mass is 10.3. The average Bonchev–Trinajstić information content (AvgIpc) is 3.03. The molecule has 1 unspecified atom stereocenters. The molecule has 0 amide bonds. The van der Waals surface area contributed by atoms with Crippen LogP contribution in [0.4, 0.5) is 0 Å². The van der Waals surface area contributed by atoms with E-state index >= 15 is 0 Å². The molecule has 1 fully saturated rings. The SMILES string of the molecule is CO[Si](OC)(OC)OCCCC1CO1. The quantitative estimate of drug-likeness (QED) is 0.341. The van der Waals surface area contributed by atoms with Crippen LogP contribution in [0.25, 0.3) is 0 Å². The Labute approximate surface area is 85.7 Å². The topological polar surface area (TPSA) is 49.5 Å². The number of ether oxygens (including phenoxy) is 1. The van der Waals surface area contributed by atoms with Gasteiger partial charge >= 0.3 is 9.05 Å². The first-order chi connectivity index (χ1) is 6.76. The van der Waals surface area contributed by atoms with Crippen molar-refractivity contribution in [3.63, 3.8) is 0 Å². The van der Waals surface area contributed by atoms with Gasteiger partial charge in [-0.15, -0.1) is 0 Å². The molecule has 1 rings (SSSR count). The van der Waals surface area contributed by atoms with Gasteiger partial charge in [-0.05, 0) is 12.8 Å². The van der Waals surface area contributed by atoms with E-state index < -0.39 is 9.05 Å². The van der Waals surface area contributed by atoms with E-state index in [4.69, 9.17) is 22.4 Å². The minimum Gasteiger partial charge on any atom is -0.373 e. The van der Waals surface area contributed by atoms with E-state index in [2.05, 4.69) is 0 Å². The highest BCUT2D eigenvalue weighted by atomic mass is 28.4. The molecule has 5 nitrogen and oxygen atoms in total. The summed E-state index contributed by atoms with van der Waals surface area (Å²) in [5.41, 5.74) is 0. The monoisotopic (exact) mass is 222 g/mol. The minimum atomic E-state index is -2.81. The molecule has 84 valence electrons. The molecule has 1 atom stereocenters. The predicted octanol–water partition coefficient (Wildman–Crippen LogP) is 0.557. The summed E-state index contributed by atoms with van der Waals surface area (Å²) in [4.78, 5) is 0. The summed E-state index contributed by atoms with van der Waals surface area (Å²) < 4.78 is 25.9. The van der Waals surface area contributed by atoms with Crippen LogP contribution in [0.1, 0.15) is 12.8 Å². The van der Waals surface area contributed by atoms with Gasteiger partial charge < -0.3 is 22.4 Å². The number of epoxide rings is 1. The van der Waals surface area contributed by atoms with Crippen LogP contribution in [-0.2, 0) is 22.4 Å². The Morgan fingerprint density at radius 1 is 1.21 bits per heavy atom. The molecule has 0 N–H and O–H groups in total. The second-order valence-corrected chi connectivity index (χ2v) is 5.57. The maximum atomic E-state index is 5.47. The maximum Gasteiger partial charge on any atom is 0.678 e. The van der Waals surface area contributed by atoms with E-state index in [1.54, 1.807) is 0 Å². The molecule has 0 saturated carbocycles. The fraction of sp³-hybridized carbons (Fsp3) is 1.00. The molecular weight excluding hydrogens is 204 g/mol. The first kappa shape index (κ1) is 12.1. The third-order valence-electron chi connectivity index (χ3n) is 2.10. The molecule has 1 saturated heterocycles. The summed E-state index contributed by atoms with van der Waals surface area (Å²) >= 11 is 0. The average molecular weight is 222 g/mol. The van der Waals surface area contributed by atoms with Crippen molar-refractivity contribution in [1.82, 2.24) is 0 Å². The van der Waals surface area contributed by atoms with Gasteiger partial charge in [0, 0.05) is 27.9 Å². The fourth-order valence-corrected chi connectivity index (χ4v) is 2.42. The largest absolute Gasteiger partial charge is 0.678 e. The molecule has 0 radical (unpaired) electrons. The zero-order chi connectivity index (χ0) is 10.4. The molecule has 0 spiro atoms. The third-order valence-corrected chi connectivity index (χ3v) is 4.16. The summed E-state index contributed by atoms with van der Waals surface area (Å²) in [6.07, 6.45) is 2.42. The Balaban J connectivity index is 2.11. The van der Waals surface area contributed by atoms with Gasteiger partial charge in [-0.2, -0.15) is 0 Å². The van der Waals surface area contributed by atoms with Crippen LogP contribution in [0, 0.1) is 0 Å². The Morgan fingerprint density at radius 3 is 2.21 bits per heavy atom. The lowest BCUT2D eigenvalue weighted by Gasteiger charge is -2.22. The van der Waals surface area contributed by atoms with E-state index in [-0.39, 0.29) is 0 Å². The highest BCUT2D eigenvalue weighted by Crippen LogP contribution is 2.16. The predicted molar refractivity (Wildman–Crippen MR) is 51.7 cm³/mol. The summed E-state index contributed by atoms with van der Waals surface area (Å²) in [6.45, 7) is 1.48. The molecule has 0 aromatic heterocycles. The van der Waals surface area contributed by atoms with Crippen molar-refractivity contribution in [3.8, 4) is 0 Å². The van der Waals surface area contributed by atoms with Crippen LogP contribution in [0.5, 0.6) is 0 Å². The molecule has 0 bridgehead atoms. The highest BCUT2D eigenvalue weighted by molar-refractivity contribution is 6.53. The van der Waals surface area contributed by atoms with Crippen LogP contribution in [0.15, 0.2) is 0 Å². The van der Waals surface area contributed by atoms with Gasteiger partial charge in [-0.25, -0.2) is 0 Å². The number of hydrogen-bond acceptors (Lipinski definition) is 5. The molecule has 1 aliphatic rings. The lowest BCUT2D eigenvalue weighted by Crippen LogP contribution is -2.46. The zero-order valence-corrected chi connectivity index (χ0v) is 9.95. The van der Waals surface area contributed by atoms with Gasteiger partial charge in [-0.1, -0.05) is 0 Å². The minimum absolute atomic E-state index is 0.447. The van der Waals surface area contributed by atoms with Crippen molar-refractivity contribution in [2.24, 2.45) is 0 Å². The maximum absolute atomic E-state index is 5.47. The van der Waals surface area contributed by atoms with Gasteiger partial charge in [0.1, 0.15) is 0 Å². The van der Waals surface area contributed by atoms with E-state index in [1.807, 2.05) is 0 Å². The number of rotatable bonds is 8. The van der Waals surface area contributed by atoms with E-state index in [0.717, 1.165) is 19.4 Å². The molecular formula is C8H18O5Si. The Morgan fingerprint density at radius 2 is 1.79 bits per heavy atom. The van der Waals surface area contributed by atoms with E-state index in [9.17, 15) is 0 Å². The van der Waals surface area contributed by atoms with Crippen LogP contribution in [-0.4, -0.2) is 49.7 Å². The van der Waals surface area contributed by atoms with Gasteiger partial charge in [0.05, 0.1) is 12.7 Å². The summed E-state index contributed by atoms with van der Waals surface area (Å²) in [6, 6.07) is 0. The standard InChI is InChI=1S/C8H18O5Si/c1-9-14(10-2,11-3)13-6-4-5-8-7-12-8/h8H,4-7H2,1-3H3. The summed E-state index contributed by atoms with van der Waals surface area (Å²) in [7, 11) is 1.78. The van der Waals surface area contributed by atoms with Crippen molar-refractivity contribution in [2.75, 3.05) is 34.5 Å². The lowest BCUT2D eigenvalue weighted by molar-refractivity contribution is 0.00485. The van der Waals surface area contributed by atoms with Gasteiger partial charge in [-0.3, -0.25) is 0 Å². The Hall–Kier alpha value is 0.0169. The first-order valence-corrected chi connectivity index (χ1v) is 6.30. The second kappa shape index (κ2) is 5.79. The Kier molecular flexibility index (Phi) is 5.00. The fourth-order valence-electron chi connectivity index (χ4n) is 1.17. The van der Waals surface area contributed by atoms with Crippen molar-refractivity contribution in [2.45, 2.75) is 18.9 Å². The van der Waals surface area contributed by atoms with E-state index in [0.29, 0.717) is 12.7 Å². The van der Waals surface area contributed by atoms with E-state index in [1.165, 1.54) is 21.3 Å². The van der Waals surface area contributed by atoms with Crippen molar-refractivity contribution >= 4 is 9.05 Å². The van der Waals surface area contributed by atoms with Gasteiger partial charge in [0.25, 0.3) is 0 Å². The molecule has 1 aliphatic heterocycles. The second-order valence-electron chi connectivity index (χ2n) is 3.06. The van der Waals surface area contributed by atoms with Crippen LogP contribution < -0.4 is 0 Å². The first-order valence-electron chi connectivity index (χ1n) is 4.67. The smallest absolute Gasteiger partial charge is 0.373 e. The molecule has 6 heteroatoms. The van der Waals surface area contributed by atoms with Gasteiger partial charge in [0.2, 0.25) is 0 Å². The molecule has 14 heavy (non-hydrogen) atoms. The number of hydrogen-bond donors (Lipinski definition) is 0. The molecule has 0 aliphatic carbocycles. The normalized spacial score (nSPS) is 21.2. The van der Waals surface area contributed by atoms with Crippen molar-refractivity contribution in [3.05, 3.63) is 0 Å². The Bertz CT molecular complexity index is 150. The van der Waals surface area contributed by atoms with Crippen molar-refractivity contribution < 1.29 is 22.4 Å². The van der Waals surface area contributed by atoms with Gasteiger partial charge in [0.15, 0.2) is 0 Å². The van der Waals surface area contributed by atoms with Crippen LogP contribution >= 0.6 is 0 Å².